The van der Waals surface area contributed by atoms with Gasteiger partial charge in [-0.25, -0.2) is 8.42 Å². The molecule has 14 heavy (non-hydrogen) atoms. The van der Waals surface area contributed by atoms with Crippen molar-refractivity contribution in [2.45, 2.75) is 31.9 Å². The van der Waals surface area contributed by atoms with E-state index in [2.05, 4.69) is 0 Å². The van der Waals surface area contributed by atoms with Crippen LogP contribution in [0.25, 0.3) is 0 Å². The van der Waals surface area contributed by atoms with Crippen LogP contribution in [-0.2, 0) is 14.6 Å². The van der Waals surface area contributed by atoms with Crippen molar-refractivity contribution in [3.8, 4) is 0 Å². The first-order valence-electron chi connectivity index (χ1n) is 4.43. The van der Waals surface area contributed by atoms with Gasteiger partial charge in [-0.2, -0.15) is 0 Å². The van der Waals surface area contributed by atoms with Gasteiger partial charge in [-0.05, 0) is 0 Å². The van der Waals surface area contributed by atoms with E-state index in [1.807, 2.05) is 20.8 Å². The first-order chi connectivity index (χ1) is 6.10. The highest BCUT2D eigenvalue weighted by molar-refractivity contribution is 8.01. The van der Waals surface area contributed by atoms with E-state index >= 15 is 0 Å². The van der Waals surface area contributed by atoms with Gasteiger partial charge in [0.05, 0.1) is 11.5 Å². The fraction of sp³-hybridized carbons (Fsp3) is 0.889. The van der Waals surface area contributed by atoms with Crippen molar-refractivity contribution in [2.24, 2.45) is 0 Å². The summed E-state index contributed by atoms with van der Waals surface area (Å²) in [5, 5.41) is 0. The van der Waals surface area contributed by atoms with Gasteiger partial charge in [0.1, 0.15) is 15.6 Å². The second-order valence-corrected chi connectivity index (χ2v) is 8.38. The van der Waals surface area contributed by atoms with Gasteiger partial charge in [0.25, 0.3) is 0 Å². The van der Waals surface area contributed by atoms with Crippen LogP contribution >= 0.6 is 11.8 Å². The van der Waals surface area contributed by atoms with Gasteiger partial charge in [-0.15, -0.1) is 11.8 Å². The summed E-state index contributed by atoms with van der Waals surface area (Å²) in [6, 6.07) is 0. The Balaban J connectivity index is 3.79. The lowest BCUT2D eigenvalue weighted by Crippen LogP contribution is -2.15. The summed E-state index contributed by atoms with van der Waals surface area (Å²) in [5.41, 5.74) is 0. The van der Waals surface area contributed by atoms with E-state index in [1.165, 1.54) is 0 Å². The molecule has 0 saturated carbocycles. The molecule has 0 aliphatic rings. The van der Waals surface area contributed by atoms with Gasteiger partial charge < -0.3 is 0 Å². The average molecular weight is 238 g/mol. The summed E-state index contributed by atoms with van der Waals surface area (Å²) in [6.45, 7) is 6.09. The second kappa shape index (κ2) is 5.16. The average Bonchev–Trinajstić information content (AvgIpc) is 1.94. The number of sulfone groups is 1. The minimum atomic E-state index is -3.00. The van der Waals surface area contributed by atoms with Crippen molar-refractivity contribution in [1.82, 2.24) is 0 Å². The lowest BCUT2D eigenvalue weighted by molar-refractivity contribution is -0.116. The highest BCUT2D eigenvalue weighted by Gasteiger charge is 2.14. The number of carbonyl (C=O) groups is 1. The van der Waals surface area contributed by atoms with Crippen molar-refractivity contribution >= 4 is 27.4 Å². The number of thioether (sulfide) groups is 1. The number of ketones is 1. The fourth-order valence-electron chi connectivity index (χ4n) is 0.668. The number of carbonyl (C=O) groups excluding carboxylic acids is 1. The van der Waals surface area contributed by atoms with Crippen molar-refractivity contribution < 1.29 is 13.2 Å². The molecule has 0 amide bonds. The van der Waals surface area contributed by atoms with Crippen LogP contribution < -0.4 is 0 Å². The van der Waals surface area contributed by atoms with E-state index in [9.17, 15) is 13.2 Å². The molecular formula is C9H18O3S2. The van der Waals surface area contributed by atoms with Crippen molar-refractivity contribution in [2.75, 3.05) is 17.8 Å². The van der Waals surface area contributed by atoms with E-state index in [-0.39, 0.29) is 22.7 Å². The van der Waals surface area contributed by atoms with Crippen molar-refractivity contribution in [3.05, 3.63) is 0 Å². The second-order valence-electron chi connectivity index (χ2n) is 4.32. The maximum Gasteiger partial charge on any atom is 0.147 e. The zero-order valence-corrected chi connectivity index (χ0v) is 10.8. The van der Waals surface area contributed by atoms with Crippen LogP contribution in [0.2, 0.25) is 0 Å². The normalized spacial score (nSPS) is 12.9. The lowest BCUT2D eigenvalue weighted by atomic mass is 10.3. The van der Waals surface area contributed by atoms with Gasteiger partial charge in [0.15, 0.2) is 0 Å². The SMILES string of the molecule is CC(C)(C)SCC(=O)CCS(C)(=O)=O. The Labute approximate surface area is 90.6 Å². The van der Waals surface area contributed by atoms with Crippen LogP contribution in [0.1, 0.15) is 27.2 Å². The number of hydrogen-bond donors (Lipinski definition) is 0. The third kappa shape index (κ3) is 10.1. The molecule has 0 aromatic heterocycles. The fourth-order valence-corrected chi connectivity index (χ4v) is 2.01. The Morgan fingerprint density at radius 2 is 1.79 bits per heavy atom. The first kappa shape index (κ1) is 14.0. The van der Waals surface area contributed by atoms with E-state index in [0.717, 1.165) is 6.26 Å². The molecule has 0 radical (unpaired) electrons. The third-order valence-corrected chi connectivity index (χ3v) is 3.70. The molecule has 0 bridgehead atoms. The monoisotopic (exact) mass is 238 g/mol. The van der Waals surface area contributed by atoms with Gasteiger partial charge in [-0.1, -0.05) is 20.8 Å². The van der Waals surface area contributed by atoms with Crippen molar-refractivity contribution in [3.63, 3.8) is 0 Å². The molecular weight excluding hydrogens is 220 g/mol. The van der Waals surface area contributed by atoms with Gasteiger partial charge in [-0.3, -0.25) is 4.79 Å². The van der Waals surface area contributed by atoms with E-state index in [4.69, 9.17) is 0 Å². The molecule has 0 N–H and O–H groups in total. The summed E-state index contributed by atoms with van der Waals surface area (Å²) >= 11 is 1.55. The largest absolute Gasteiger partial charge is 0.299 e. The topological polar surface area (TPSA) is 51.2 Å². The number of hydrogen-bond acceptors (Lipinski definition) is 4. The zero-order valence-electron chi connectivity index (χ0n) is 9.16. The Bertz CT molecular complexity index is 286. The van der Waals surface area contributed by atoms with Gasteiger partial charge >= 0.3 is 0 Å². The van der Waals surface area contributed by atoms with Gasteiger partial charge in [0, 0.05) is 17.4 Å². The molecule has 0 aliphatic heterocycles. The standard InChI is InChI=1S/C9H18O3S2/c1-9(2,3)13-7-8(10)5-6-14(4,11)12/h5-7H2,1-4H3. The summed E-state index contributed by atoms with van der Waals surface area (Å²) in [6.07, 6.45) is 1.29. The summed E-state index contributed by atoms with van der Waals surface area (Å²) in [7, 11) is -3.00. The molecule has 3 nitrogen and oxygen atoms in total. The smallest absolute Gasteiger partial charge is 0.147 e. The molecule has 0 unspecified atom stereocenters. The van der Waals surface area contributed by atoms with Crippen LogP contribution in [0.15, 0.2) is 0 Å². The van der Waals surface area contributed by atoms with E-state index in [1.54, 1.807) is 11.8 Å². The number of rotatable bonds is 5. The highest BCUT2D eigenvalue weighted by atomic mass is 32.2. The molecule has 0 heterocycles. The zero-order chi connectivity index (χ0) is 11.4. The summed E-state index contributed by atoms with van der Waals surface area (Å²) < 4.78 is 21.6. The predicted molar refractivity (Wildman–Crippen MR) is 61.5 cm³/mol. The molecule has 0 spiro atoms. The summed E-state index contributed by atoms with van der Waals surface area (Å²) in [5.74, 6) is 0.380. The lowest BCUT2D eigenvalue weighted by Gasteiger charge is -2.16. The minimum absolute atomic E-state index is 0.00958. The molecule has 0 rings (SSSR count). The van der Waals surface area contributed by atoms with Gasteiger partial charge in [0.2, 0.25) is 0 Å². The van der Waals surface area contributed by atoms with Crippen LogP contribution in [0.3, 0.4) is 0 Å². The Morgan fingerprint density at radius 3 is 2.14 bits per heavy atom. The molecule has 84 valence electrons. The molecule has 0 aliphatic carbocycles. The molecule has 0 aromatic rings. The molecule has 0 fully saturated rings. The highest BCUT2D eigenvalue weighted by Crippen LogP contribution is 2.23. The van der Waals surface area contributed by atoms with Crippen LogP contribution in [-0.4, -0.2) is 36.7 Å². The van der Waals surface area contributed by atoms with Crippen LogP contribution in [0.5, 0.6) is 0 Å². The Hall–Kier alpha value is -0.0300. The molecule has 0 saturated heterocycles. The van der Waals surface area contributed by atoms with E-state index < -0.39 is 9.84 Å². The van der Waals surface area contributed by atoms with Crippen LogP contribution in [0, 0.1) is 0 Å². The van der Waals surface area contributed by atoms with Crippen LogP contribution in [0.4, 0.5) is 0 Å². The maximum atomic E-state index is 11.3. The number of Topliss-reactive ketones (excluding diaryl/α,β-unsaturated/α-hetero) is 1. The molecule has 5 heteroatoms. The Morgan fingerprint density at radius 1 is 1.29 bits per heavy atom. The molecule has 0 atom stereocenters. The Kier molecular flexibility index (Phi) is 5.15. The maximum absolute atomic E-state index is 11.3. The van der Waals surface area contributed by atoms with Crippen molar-refractivity contribution in [1.29, 1.82) is 0 Å². The first-order valence-corrected chi connectivity index (χ1v) is 7.48. The summed E-state index contributed by atoms with van der Waals surface area (Å²) in [4.78, 5) is 11.3. The minimum Gasteiger partial charge on any atom is -0.299 e. The van der Waals surface area contributed by atoms with E-state index in [0.29, 0.717) is 5.75 Å². The quantitative estimate of drug-likeness (QED) is 0.728. The third-order valence-electron chi connectivity index (χ3n) is 1.42. The molecule has 0 aromatic carbocycles. The predicted octanol–water partition coefficient (Wildman–Crippen LogP) is 1.52.